The Hall–Kier alpha value is -4.19. The highest BCUT2D eigenvalue weighted by molar-refractivity contribution is 6.03. The molecule has 11 heteroatoms. The quantitative estimate of drug-likeness (QED) is 0.0342. The average Bonchev–Trinajstić information content (AvgIpc) is 3.40. The molecule has 408 valence electrons. The molecule has 11 nitrogen and oxygen atoms in total. The van der Waals surface area contributed by atoms with Gasteiger partial charge in [0.25, 0.3) is 0 Å². The molecule has 2 aromatic rings. The standard InChI is InChI=1S/C62H97N3O8/c1-5-9-11-13-15-17-19-21-23-30-40-63-61(69)72-51-38-39-56-54(46-51)59-52(36-29-32-43-67)50(35-28-31-42-66)45-53-55(64-71-48-49-33-25-24-26-34-49)47-57(62(73-56,60(53)59)70-44-8-4)65(41-7-3)58(68)37-27-22-20-18-16-14-12-10-6-2/h8,24-26,33-34,38-39,45-46,50,52,57,59-60,66-67H,4-7,9-23,27-32,35-37,40-44,47-48H2,1-3H3,(H,63,69). The normalized spacial score (nSPS) is 21.4. The van der Waals surface area contributed by atoms with Crippen LogP contribution in [-0.4, -0.2) is 77.6 Å². The molecule has 0 bridgehead atoms. The van der Waals surface area contributed by atoms with Crippen molar-refractivity contribution in [1.29, 1.82) is 0 Å². The molecule has 2 aromatic carbocycles. The Morgan fingerprint density at radius 1 is 0.781 bits per heavy atom. The third-order valence-corrected chi connectivity index (χ3v) is 15.6. The summed E-state index contributed by atoms with van der Waals surface area (Å²) >= 11 is 0. The van der Waals surface area contributed by atoms with E-state index in [-0.39, 0.29) is 50.1 Å². The summed E-state index contributed by atoms with van der Waals surface area (Å²) in [5.41, 5.74) is 3.68. The molecule has 2 aliphatic carbocycles. The average molecular weight is 1010 g/mol. The van der Waals surface area contributed by atoms with Crippen molar-refractivity contribution in [2.24, 2.45) is 22.9 Å². The van der Waals surface area contributed by atoms with Crippen LogP contribution < -0.4 is 14.8 Å². The minimum absolute atomic E-state index is 0.0521. The number of unbranched alkanes of at least 4 members (excludes halogenated alkanes) is 19. The number of ether oxygens (including phenoxy) is 3. The molecule has 1 heterocycles. The van der Waals surface area contributed by atoms with Crippen LogP contribution in [0.15, 0.2) is 78.0 Å². The van der Waals surface area contributed by atoms with Gasteiger partial charge in [-0.1, -0.05) is 190 Å². The van der Waals surface area contributed by atoms with Gasteiger partial charge in [-0.15, -0.1) is 6.58 Å². The molecule has 0 saturated heterocycles. The van der Waals surface area contributed by atoms with E-state index >= 15 is 0 Å². The number of carbonyl (C=O) groups excluding carboxylic acids is 2. The summed E-state index contributed by atoms with van der Waals surface area (Å²) in [6, 6.07) is 15.2. The van der Waals surface area contributed by atoms with Crippen LogP contribution in [0.5, 0.6) is 11.5 Å². The summed E-state index contributed by atoms with van der Waals surface area (Å²) in [7, 11) is 0. The molecule has 3 aliphatic rings. The molecular formula is C62H97N3O8. The van der Waals surface area contributed by atoms with Crippen LogP contribution in [0.25, 0.3) is 0 Å². The fraction of sp³-hybridized carbons (Fsp3) is 0.694. The lowest BCUT2D eigenvalue weighted by atomic mass is 9.55. The van der Waals surface area contributed by atoms with Crippen molar-refractivity contribution in [3.05, 3.63) is 84.0 Å². The predicted molar refractivity (Wildman–Crippen MR) is 296 cm³/mol. The van der Waals surface area contributed by atoms with Crippen molar-refractivity contribution in [3.8, 4) is 11.5 Å². The maximum Gasteiger partial charge on any atom is 0.412 e. The van der Waals surface area contributed by atoms with Crippen molar-refractivity contribution >= 4 is 17.7 Å². The summed E-state index contributed by atoms with van der Waals surface area (Å²) in [5, 5.41) is 28.1. The van der Waals surface area contributed by atoms with Gasteiger partial charge in [0.2, 0.25) is 11.7 Å². The second-order valence-corrected chi connectivity index (χ2v) is 21.2. The number of benzene rings is 2. The van der Waals surface area contributed by atoms with Crippen molar-refractivity contribution in [2.45, 2.75) is 225 Å². The summed E-state index contributed by atoms with van der Waals surface area (Å²) in [6.45, 7) is 12.5. The number of carbonyl (C=O) groups is 2. The Morgan fingerprint density at radius 3 is 2.04 bits per heavy atom. The number of fused-ring (bicyclic) bond motifs is 2. The smallest absolute Gasteiger partial charge is 0.412 e. The first kappa shape index (κ1) is 59.7. The van der Waals surface area contributed by atoms with Crippen LogP contribution in [0.1, 0.15) is 218 Å². The molecule has 5 rings (SSSR count). The molecule has 6 atom stereocenters. The Morgan fingerprint density at radius 2 is 1.41 bits per heavy atom. The number of rotatable bonds is 39. The summed E-state index contributed by atoms with van der Waals surface area (Å²) < 4.78 is 20.7. The first-order valence-electron chi connectivity index (χ1n) is 29.3. The van der Waals surface area contributed by atoms with Crippen LogP contribution in [0.4, 0.5) is 4.79 Å². The minimum Gasteiger partial charge on any atom is -0.459 e. The highest BCUT2D eigenvalue weighted by Gasteiger charge is 2.65. The van der Waals surface area contributed by atoms with E-state index in [1.54, 1.807) is 12.1 Å². The van der Waals surface area contributed by atoms with Gasteiger partial charge in [0, 0.05) is 50.6 Å². The van der Waals surface area contributed by atoms with E-state index in [0.29, 0.717) is 50.3 Å². The number of hydrogen-bond acceptors (Lipinski definition) is 9. The number of nitrogens with zero attached hydrogens (tertiary/aromatic N) is 2. The predicted octanol–water partition coefficient (Wildman–Crippen LogP) is 14.7. The maximum absolute atomic E-state index is 14.9. The van der Waals surface area contributed by atoms with Gasteiger partial charge in [-0.3, -0.25) is 4.79 Å². The second-order valence-electron chi connectivity index (χ2n) is 21.2. The van der Waals surface area contributed by atoms with E-state index in [4.69, 9.17) is 24.2 Å². The molecule has 73 heavy (non-hydrogen) atoms. The topological polar surface area (TPSA) is 139 Å². The molecular weight excluding hydrogens is 915 g/mol. The third-order valence-electron chi connectivity index (χ3n) is 15.6. The minimum atomic E-state index is -1.33. The third kappa shape index (κ3) is 18.6. The van der Waals surface area contributed by atoms with Gasteiger partial charge in [0.05, 0.1) is 18.2 Å². The number of oxime groups is 1. The summed E-state index contributed by atoms with van der Waals surface area (Å²) in [5.74, 6) is -0.705. The monoisotopic (exact) mass is 1010 g/mol. The number of hydrogen-bond donors (Lipinski definition) is 3. The number of nitrogens with one attached hydrogen (secondary N) is 1. The fourth-order valence-electron chi connectivity index (χ4n) is 11.8. The maximum atomic E-state index is 14.9. The van der Waals surface area contributed by atoms with E-state index in [2.05, 4.69) is 38.7 Å². The summed E-state index contributed by atoms with van der Waals surface area (Å²) in [4.78, 5) is 36.7. The lowest BCUT2D eigenvalue weighted by molar-refractivity contribution is -0.257. The number of aliphatic hydroxyl groups excluding tert-OH is 2. The lowest BCUT2D eigenvalue weighted by Gasteiger charge is -2.60. The van der Waals surface area contributed by atoms with Crippen molar-refractivity contribution < 1.29 is 38.9 Å². The zero-order valence-electron chi connectivity index (χ0n) is 45.6. The first-order valence-corrected chi connectivity index (χ1v) is 29.3. The molecule has 1 aliphatic heterocycles. The Kier molecular flexibility index (Phi) is 28.1. The highest BCUT2D eigenvalue weighted by atomic mass is 16.7. The molecule has 0 radical (unpaired) electrons. The van der Waals surface area contributed by atoms with Gasteiger partial charge in [-0.05, 0) is 86.1 Å². The molecule has 1 saturated carbocycles. The van der Waals surface area contributed by atoms with Crippen molar-refractivity contribution in [1.82, 2.24) is 10.2 Å². The van der Waals surface area contributed by atoms with Gasteiger partial charge in [0.1, 0.15) is 24.1 Å². The number of amides is 2. The van der Waals surface area contributed by atoms with E-state index in [1.807, 2.05) is 47.4 Å². The van der Waals surface area contributed by atoms with Gasteiger partial charge in [-0.2, -0.15) is 0 Å². The van der Waals surface area contributed by atoms with Crippen LogP contribution in [0.2, 0.25) is 0 Å². The van der Waals surface area contributed by atoms with Crippen LogP contribution >= 0.6 is 0 Å². The molecule has 0 aromatic heterocycles. The van der Waals surface area contributed by atoms with Crippen LogP contribution in [0, 0.1) is 17.8 Å². The molecule has 2 amide bonds. The molecule has 3 N–H and O–H groups in total. The van der Waals surface area contributed by atoms with Crippen LogP contribution in [0.3, 0.4) is 0 Å². The molecule has 0 spiro atoms. The zero-order chi connectivity index (χ0) is 51.9. The van der Waals surface area contributed by atoms with Gasteiger partial charge < -0.3 is 39.5 Å². The highest BCUT2D eigenvalue weighted by Crippen LogP contribution is 2.62. The number of aliphatic hydroxyl groups is 2. The van der Waals surface area contributed by atoms with E-state index in [0.717, 1.165) is 86.6 Å². The Labute approximate surface area is 441 Å². The SMILES string of the molecule is C=CCOC12Oc3ccc(OC(=O)NCCCCCCCCCCCC)cc3C3C(CCCCO)C(CCCCO)C=C(C(=NOCc4ccccc4)CC1N(CCC)C(=O)CCCCCCCCCCC)C32. The molecule has 1 fully saturated rings. The lowest BCUT2D eigenvalue weighted by Crippen LogP contribution is -2.70. The number of allylic oxidation sites excluding steroid dienone is 1. The van der Waals surface area contributed by atoms with Crippen molar-refractivity contribution in [2.75, 3.05) is 32.9 Å². The molecule has 6 unspecified atom stereocenters. The van der Waals surface area contributed by atoms with E-state index < -0.39 is 23.8 Å². The van der Waals surface area contributed by atoms with Gasteiger partial charge in [0.15, 0.2) is 0 Å². The second kappa shape index (κ2) is 34.4. The van der Waals surface area contributed by atoms with E-state index in [1.165, 1.54) is 89.9 Å². The zero-order valence-corrected chi connectivity index (χ0v) is 45.6. The van der Waals surface area contributed by atoms with E-state index in [9.17, 15) is 19.8 Å². The Balaban J connectivity index is 1.52. The largest absolute Gasteiger partial charge is 0.459 e. The van der Waals surface area contributed by atoms with Gasteiger partial charge >= 0.3 is 6.09 Å². The van der Waals surface area contributed by atoms with Gasteiger partial charge in [-0.25, -0.2) is 4.79 Å². The first-order chi connectivity index (χ1) is 35.8. The van der Waals surface area contributed by atoms with Crippen molar-refractivity contribution in [3.63, 3.8) is 0 Å². The summed E-state index contributed by atoms with van der Waals surface area (Å²) in [6.07, 6.45) is 32.6. The fourth-order valence-corrected chi connectivity index (χ4v) is 11.8. The Bertz CT molecular complexity index is 1940. The van der Waals surface area contributed by atoms with Crippen LogP contribution in [-0.2, 0) is 21.0 Å².